The van der Waals surface area contributed by atoms with Crippen LogP contribution in [0.1, 0.15) is 31.0 Å². The molecular formula is C19H29IN6OS. The van der Waals surface area contributed by atoms with Gasteiger partial charge in [-0.05, 0) is 37.3 Å². The molecule has 2 heterocycles. The van der Waals surface area contributed by atoms with Gasteiger partial charge in [-0.1, -0.05) is 0 Å². The monoisotopic (exact) mass is 516 g/mol. The maximum Gasteiger partial charge on any atom is 0.213 e. The standard InChI is InChI=1S/C19H28N6OS.HI/c1-4-20-18(23-11-16-13-27-19(24-16)25(2)3)22-10-15-7-8-21-17(9-15)26-12-14-5-6-14;/h7-9,13-14H,4-6,10-12H2,1-3H3,(H2,20,22,23);1H. The fraction of sp³-hybridized carbons (Fsp3) is 0.526. The highest BCUT2D eigenvalue weighted by molar-refractivity contribution is 14.0. The number of nitrogens with zero attached hydrogens (tertiary/aromatic N) is 4. The molecule has 0 atom stereocenters. The highest BCUT2D eigenvalue weighted by atomic mass is 127. The van der Waals surface area contributed by atoms with Gasteiger partial charge in [0.25, 0.3) is 0 Å². The summed E-state index contributed by atoms with van der Waals surface area (Å²) in [6, 6.07) is 3.94. The molecule has 7 nitrogen and oxygen atoms in total. The largest absolute Gasteiger partial charge is 0.477 e. The van der Waals surface area contributed by atoms with Crippen LogP contribution in [0.2, 0.25) is 0 Å². The molecule has 3 rings (SSSR count). The van der Waals surface area contributed by atoms with Gasteiger partial charge in [0.05, 0.1) is 25.4 Å². The summed E-state index contributed by atoms with van der Waals surface area (Å²) in [7, 11) is 4.00. The summed E-state index contributed by atoms with van der Waals surface area (Å²) in [6.07, 6.45) is 4.33. The van der Waals surface area contributed by atoms with Crippen molar-refractivity contribution in [3.8, 4) is 5.88 Å². The van der Waals surface area contributed by atoms with Gasteiger partial charge in [-0.15, -0.1) is 35.3 Å². The smallest absolute Gasteiger partial charge is 0.213 e. The number of aromatic nitrogens is 2. The molecule has 0 saturated heterocycles. The summed E-state index contributed by atoms with van der Waals surface area (Å²) >= 11 is 1.64. The van der Waals surface area contributed by atoms with E-state index >= 15 is 0 Å². The van der Waals surface area contributed by atoms with Gasteiger partial charge < -0.3 is 20.3 Å². The van der Waals surface area contributed by atoms with Gasteiger partial charge in [-0.25, -0.2) is 15.0 Å². The van der Waals surface area contributed by atoms with Gasteiger partial charge in [-0.3, -0.25) is 0 Å². The van der Waals surface area contributed by atoms with E-state index in [1.54, 1.807) is 17.5 Å². The van der Waals surface area contributed by atoms with Crippen molar-refractivity contribution in [2.24, 2.45) is 10.9 Å². The first kappa shape index (κ1) is 22.7. The van der Waals surface area contributed by atoms with Crippen molar-refractivity contribution in [3.63, 3.8) is 0 Å². The zero-order valence-electron chi connectivity index (χ0n) is 16.6. The summed E-state index contributed by atoms with van der Waals surface area (Å²) in [4.78, 5) is 15.5. The average molecular weight is 516 g/mol. The first-order chi connectivity index (χ1) is 13.1. The fourth-order valence-electron chi connectivity index (χ4n) is 2.38. The normalized spacial score (nSPS) is 13.6. The van der Waals surface area contributed by atoms with Crippen molar-refractivity contribution in [1.82, 2.24) is 20.6 Å². The predicted molar refractivity (Wildman–Crippen MR) is 126 cm³/mol. The minimum Gasteiger partial charge on any atom is -0.477 e. The Kier molecular flexibility index (Phi) is 9.23. The molecule has 0 bridgehead atoms. The SMILES string of the molecule is CCNC(=NCc1ccnc(OCC2CC2)c1)NCc1csc(N(C)C)n1.I. The number of nitrogens with one attached hydrogen (secondary N) is 2. The molecule has 0 amide bonds. The van der Waals surface area contributed by atoms with Gasteiger partial charge in [0.15, 0.2) is 11.1 Å². The Hall–Kier alpha value is -1.62. The van der Waals surface area contributed by atoms with E-state index in [0.717, 1.165) is 41.4 Å². The van der Waals surface area contributed by atoms with E-state index in [-0.39, 0.29) is 24.0 Å². The van der Waals surface area contributed by atoms with Gasteiger partial charge >= 0.3 is 0 Å². The maximum atomic E-state index is 5.75. The Balaban J connectivity index is 0.00000280. The van der Waals surface area contributed by atoms with Crippen LogP contribution in [0.3, 0.4) is 0 Å². The number of aliphatic imine (C=N–C) groups is 1. The number of pyridine rings is 1. The summed E-state index contributed by atoms with van der Waals surface area (Å²) in [5.41, 5.74) is 2.09. The summed E-state index contributed by atoms with van der Waals surface area (Å²) in [6.45, 7) is 4.84. The first-order valence-corrected chi connectivity index (χ1v) is 10.2. The molecule has 0 aromatic carbocycles. The highest BCUT2D eigenvalue weighted by Crippen LogP contribution is 2.29. The van der Waals surface area contributed by atoms with Crippen molar-refractivity contribution in [2.45, 2.75) is 32.9 Å². The van der Waals surface area contributed by atoms with E-state index in [4.69, 9.17) is 4.74 Å². The minimum absolute atomic E-state index is 0. The number of rotatable bonds is 9. The lowest BCUT2D eigenvalue weighted by molar-refractivity contribution is 0.288. The molecule has 0 radical (unpaired) electrons. The number of guanidine groups is 1. The molecule has 2 N–H and O–H groups in total. The van der Waals surface area contributed by atoms with E-state index < -0.39 is 0 Å². The lowest BCUT2D eigenvalue weighted by atomic mass is 10.3. The topological polar surface area (TPSA) is 74.7 Å². The van der Waals surface area contributed by atoms with E-state index in [1.807, 2.05) is 31.1 Å². The third-order valence-electron chi connectivity index (χ3n) is 4.09. The summed E-state index contributed by atoms with van der Waals surface area (Å²) < 4.78 is 5.75. The first-order valence-electron chi connectivity index (χ1n) is 9.35. The second-order valence-corrected chi connectivity index (χ2v) is 7.66. The van der Waals surface area contributed by atoms with Crippen LogP contribution in [-0.2, 0) is 13.1 Å². The zero-order chi connectivity index (χ0) is 19.1. The molecule has 2 aromatic heterocycles. The lowest BCUT2D eigenvalue weighted by Crippen LogP contribution is -2.36. The van der Waals surface area contributed by atoms with E-state index in [9.17, 15) is 0 Å². The molecule has 0 aliphatic heterocycles. The number of anilines is 1. The molecule has 1 fully saturated rings. The number of thiazole rings is 1. The Labute approximate surface area is 188 Å². The van der Waals surface area contributed by atoms with Gasteiger partial charge in [-0.2, -0.15) is 0 Å². The average Bonchev–Trinajstić information content (AvgIpc) is 3.37. The van der Waals surface area contributed by atoms with Gasteiger partial charge in [0.2, 0.25) is 5.88 Å². The number of halogens is 1. The number of hydrogen-bond donors (Lipinski definition) is 2. The minimum atomic E-state index is 0. The molecule has 1 saturated carbocycles. The Morgan fingerprint density at radius 3 is 2.86 bits per heavy atom. The molecule has 1 aliphatic rings. The third kappa shape index (κ3) is 7.42. The molecule has 0 spiro atoms. The lowest BCUT2D eigenvalue weighted by Gasteiger charge is -2.11. The van der Waals surface area contributed by atoms with Crippen LogP contribution in [0.15, 0.2) is 28.7 Å². The number of hydrogen-bond acceptors (Lipinski definition) is 6. The van der Waals surface area contributed by atoms with Crippen LogP contribution >= 0.6 is 35.3 Å². The highest BCUT2D eigenvalue weighted by Gasteiger charge is 2.22. The van der Waals surface area contributed by atoms with Crippen LogP contribution in [0.5, 0.6) is 5.88 Å². The zero-order valence-corrected chi connectivity index (χ0v) is 19.8. The van der Waals surface area contributed by atoms with E-state index in [1.165, 1.54) is 12.8 Å². The fourth-order valence-corrected chi connectivity index (χ4v) is 3.14. The molecule has 9 heteroatoms. The van der Waals surface area contributed by atoms with Gasteiger partial charge in [0.1, 0.15) is 0 Å². The predicted octanol–water partition coefficient (Wildman–Crippen LogP) is 3.27. The molecule has 154 valence electrons. The molecule has 1 aliphatic carbocycles. The number of ether oxygens (including phenoxy) is 1. The molecule has 0 unspecified atom stereocenters. The second-order valence-electron chi connectivity index (χ2n) is 6.82. The van der Waals surface area contributed by atoms with Crippen LogP contribution in [0.25, 0.3) is 0 Å². The van der Waals surface area contributed by atoms with Crippen LogP contribution < -0.4 is 20.3 Å². The Morgan fingerprint density at radius 2 is 2.18 bits per heavy atom. The van der Waals surface area contributed by atoms with Crippen LogP contribution in [0, 0.1) is 5.92 Å². The second kappa shape index (κ2) is 11.4. The van der Waals surface area contributed by atoms with Crippen LogP contribution in [-0.4, -0.2) is 43.2 Å². The van der Waals surface area contributed by atoms with Gasteiger partial charge in [0, 0.05) is 38.3 Å². The van der Waals surface area contributed by atoms with Crippen molar-refractivity contribution in [2.75, 3.05) is 32.1 Å². The quantitative estimate of drug-likeness (QED) is 0.303. The third-order valence-corrected chi connectivity index (χ3v) is 5.14. The van der Waals surface area contributed by atoms with Crippen LogP contribution in [0.4, 0.5) is 5.13 Å². The molecule has 2 aromatic rings. The van der Waals surface area contributed by atoms with E-state index in [0.29, 0.717) is 19.0 Å². The van der Waals surface area contributed by atoms with Crippen molar-refractivity contribution >= 4 is 46.4 Å². The van der Waals surface area contributed by atoms with Crippen molar-refractivity contribution in [3.05, 3.63) is 35.0 Å². The summed E-state index contributed by atoms with van der Waals surface area (Å²) in [5, 5.41) is 9.68. The Morgan fingerprint density at radius 1 is 1.36 bits per heavy atom. The summed E-state index contributed by atoms with van der Waals surface area (Å²) in [5.74, 6) is 2.18. The van der Waals surface area contributed by atoms with Crippen molar-refractivity contribution < 1.29 is 4.74 Å². The molecule has 28 heavy (non-hydrogen) atoms. The van der Waals surface area contributed by atoms with E-state index in [2.05, 4.69) is 37.9 Å². The van der Waals surface area contributed by atoms with Crippen molar-refractivity contribution in [1.29, 1.82) is 0 Å². The maximum absolute atomic E-state index is 5.75. The molecular weight excluding hydrogens is 487 g/mol. The Bertz CT molecular complexity index is 762.